The average Bonchev–Trinajstić information content (AvgIpc) is 3.13. The molecule has 1 aliphatic carbocycles. The molecule has 1 heterocycles. The van der Waals surface area contributed by atoms with Gasteiger partial charge in [-0.3, -0.25) is 20.0 Å². The van der Waals surface area contributed by atoms with E-state index in [9.17, 15) is 14.9 Å². The summed E-state index contributed by atoms with van der Waals surface area (Å²) in [7, 11) is 0. The highest BCUT2D eigenvalue weighted by Crippen LogP contribution is 2.31. The standard InChI is InChI=1S/C11H10N4O3/c16-11(6-1-2-6)12-10-8-5-7(15(17)18)3-4-9(8)13-14-10/h3-6H,1-2H2,(H2,12,13,14,16). The van der Waals surface area contributed by atoms with Crippen LogP contribution in [0.1, 0.15) is 12.8 Å². The molecule has 0 unspecified atom stereocenters. The molecule has 0 spiro atoms. The highest BCUT2D eigenvalue weighted by molar-refractivity contribution is 6.01. The molecule has 2 aromatic rings. The number of aromatic nitrogens is 2. The van der Waals surface area contributed by atoms with Crippen molar-refractivity contribution in [2.75, 3.05) is 5.32 Å². The quantitative estimate of drug-likeness (QED) is 0.637. The molecular weight excluding hydrogens is 236 g/mol. The van der Waals surface area contributed by atoms with Gasteiger partial charge in [0.1, 0.15) is 0 Å². The molecule has 18 heavy (non-hydrogen) atoms. The predicted molar refractivity (Wildman–Crippen MR) is 64.1 cm³/mol. The second-order valence-electron chi connectivity index (χ2n) is 4.32. The summed E-state index contributed by atoms with van der Waals surface area (Å²) in [6.07, 6.45) is 1.79. The van der Waals surface area contributed by atoms with Crippen molar-refractivity contribution in [3.8, 4) is 0 Å². The Bertz CT molecular complexity index is 645. The molecule has 1 amide bonds. The van der Waals surface area contributed by atoms with E-state index in [1.54, 1.807) is 6.07 Å². The van der Waals surface area contributed by atoms with Crippen molar-refractivity contribution in [1.29, 1.82) is 0 Å². The van der Waals surface area contributed by atoms with Crippen LogP contribution in [0.3, 0.4) is 0 Å². The summed E-state index contributed by atoms with van der Waals surface area (Å²) >= 11 is 0. The van der Waals surface area contributed by atoms with Crippen molar-refractivity contribution >= 4 is 28.3 Å². The van der Waals surface area contributed by atoms with Crippen molar-refractivity contribution in [3.05, 3.63) is 28.3 Å². The number of rotatable bonds is 3. The zero-order valence-electron chi connectivity index (χ0n) is 9.34. The van der Waals surface area contributed by atoms with Gasteiger partial charge in [-0.15, -0.1) is 0 Å². The number of benzene rings is 1. The van der Waals surface area contributed by atoms with Gasteiger partial charge in [0.15, 0.2) is 5.82 Å². The third kappa shape index (κ3) is 1.79. The first-order chi connectivity index (χ1) is 8.65. The summed E-state index contributed by atoms with van der Waals surface area (Å²) in [6.45, 7) is 0. The number of nitro benzene ring substituents is 1. The molecule has 1 aromatic heterocycles. The van der Waals surface area contributed by atoms with Crippen LogP contribution in [0, 0.1) is 16.0 Å². The highest BCUT2D eigenvalue weighted by Gasteiger charge is 2.30. The average molecular weight is 246 g/mol. The molecule has 1 fully saturated rings. The molecule has 0 bridgehead atoms. The van der Waals surface area contributed by atoms with Gasteiger partial charge in [-0.2, -0.15) is 5.10 Å². The maximum atomic E-state index is 11.6. The molecule has 1 aliphatic rings. The van der Waals surface area contributed by atoms with Gasteiger partial charge < -0.3 is 5.32 Å². The topological polar surface area (TPSA) is 101 Å². The maximum absolute atomic E-state index is 11.6. The minimum Gasteiger partial charge on any atom is -0.308 e. The minimum atomic E-state index is -0.473. The molecule has 3 rings (SSSR count). The minimum absolute atomic E-state index is 0.0224. The van der Waals surface area contributed by atoms with E-state index in [4.69, 9.17) is 0 Å². The number of nitrogens with zero attached hydrogens (tertiary/aromatic N) is 2. The third-order valence-corrected chi connectivity index (χ3v) is 2.95. The van der Waals surface area contributed by atoms with Crippen LogP contribution >= 0.6 is 0 Å². The number of carbonyl (C=O) groups is 1. The molecule has 1 saturated carbocycles. The molecule has 1 aromatic carbocycles. The lowest BCUT2D eigenvalue weighted by Gasteiger charge is -2.00. The number of anilines is 1. The van der Waals surface area contributed by atoms with Crippen LogP contribution in [0.4, 0.5) is 11.5 Å². The zero-order valence-corrected chi connectivity index (χ0v) is 9.34. The molecule has 0 aliphatic heterocycles. The number of carbonyl (C=O) groups excluding carboxylic acids is 1. The Morgan fingerprint density at radius 1 is 1.50 bits per heavy atom. The number of nitrogens with one attached hydrogen (secondary N) is 2. The summed E-state index contributed by atoms with van der Waals surface area (Å²) in [5, 5.41) is 20.6. The molecule has 2 N–H and O–H groups in total. The molecular formula is C11H10N4O3. The molecule has 7 heteroatoms. The Hall–Kier alpha value is -2.44. The fraction of sp³-hybridized carbons (Fsp3) is 0.273. The van der Waals surface area contributed by atoms with E-state index in [2.05, 4.69) is 15.5 Å². The first-order valence-electron chi connectivity index (χ1n) is 5.58. The normalized spacial score (nSPS) is 14.7. The maximum Gasteiger partial charge on any atom is 0.270 e. The smallest absolute Gasteiger partial charge is 0.270 e. The van der Waals surface area contributed by atoms with Gasteiger partial charge in [0.05, 0.1) is 15.8 Å². The Morgan fingerprint density at radius 3 is 2.94 bits per heavy atom. The predicted octanol–water partition coefficient (Wildman–Crippen LogP) is 1.82. The van der Waals surface area contributed by atoms with Crippen LogP contribution in [0.15, 0.2) is 18.2 Å². The van der Waals surface area contributed by atoms with E-state index in [1.807, 2.05) is 0 Å². The lowest BCUT2D eigenvalue weighted by molar-refractivity contribution is -0.384. The summed E-state index contributed by atoms with van der Waals surface area (Å²) < 4.78 is 0. The first-order valence-corrected chi connectivity index (χ1v) is 5.58. The van der Waals surface area contributed by atoms with Crippen LogP contribution < -0.4 is 5.32 Å². The highest BCUT2D eigenvalue weighted by atomic mass is 16.6. The molecule has 0 radical (unpaired) electrons. The molecule has 92 valence electrons. The largest absolute Gasteiger partial charge is 0.308 e. The number of H-pyrrole nitrogens is 1. The number of nitro groups is 1. The van der Waals surface area contributed by atoms with Crippen LogP contribution in [-0.4, -0.2) is 21.0 Å². The van der Waals surface area contributed by atoms with E-state index in [0.29, 0.717) is 16.7 Å². The number of amides is 1. The summed E-state index contributed by atoms with van der Waals surface area (Å²) in [4.78, 5) is 21.9. The summed E-state index contributed by atoms with van der Waals surface area (Å²) in [5.41, 5.74) is 0.637. The van der Waals surface area contributed by atoms with Crippen molar-refractivity contribution in [2.24, 2.45) is 5.92 Å². The summed E-state index contributed by atoms with van der Waals surface area (Å²) in [5.74, 6) is 0.343. The Labute approximate surface area is 101 Å². The van der Waals surface area contributed by atoms with Gasteiger partial charge in [0.2, 0.25) is 5.91 Å². The van der Waals surface area contributed by atoms with E-state index < -0.39 is 4.92 Å². The Kier molecular flexibility index (Phi) is 2.26. The molecule has 0 atom stereocenters. The SMILES string of the molecule is O=C(Nc1n[nH]c2ccc([N+](=O)[O-])cc12)C1CC1. The van der Waals surface area contributed by atoms with Gasteiger partial charge in [-0.05, 0) is 18.9 Å². The lowest BCUT2D eigenvalue weighted by atomic mass is 10.2. The van der Waals surface area contributed by atoms with Crippen LogP contribution in [0.2, 0.25) is 0 Å². The van der Waals surface area contributed by atoms with Crippen LogP contribution in [0.5, 0.6) is 0 Å². The second kappa shape index (κ2) is 3.80. The molecule has 0 saturated heterocycles. The number of fused-ring (bicyclic) bond motifs is 1. The van der Waals surface area contributed by atoms with Gasteiger partial charge in [-0.25, -0.2) is 0 Å². The van der Waals surface area contributed by atoms with E-state index in [0.717, 1.165) is 12.8 Å². The van der Waals surface area contributed by atoms with Gasteiger partial charge in [-0.1, -0.05) is 0 Å². The van der Waals surface area contributed by atoms with Gasteiger partial charge in [0, 0.05) is 18.1 Å². The second-order valence-corrected chi connectivity index (χ2v) is 4.32. The summed E-state index contributed by atoms with van der Waals surface area (Å²) in [6, 6.07) is 4.38. The number of hydrogen-bond acceptors (Lipinski definition) is 4. The Balaban J connectivity index is 1.97. The van der Waals surface area contributed by atoms with Gasteiger partial charge >= 0.3 is 0 Å². The lowest BCUT2D eigenvalue weighted by Crippen LogP contribution is -2.13. The van der Waals surface area contributed by atoms with Crippen molar-refractivity contribution in [3.63, 3.8) is 0 Å². The van der Waals surface area contributed by atoms with E-state index in [-0.39, 0.29) is 17.5 Å². The number of hydrogen-bond donors (Lipinski definition) is 2. The third-order valence-electron chi connectivity index (χ3n) is 2.95. The van der Waals surface area contributed by atoms with Crippen LogP contribution in [0.25, 0.3) is 10.9 Å². The van der Waals surface area contributed by atoms with Crippen molar-refractivity contribution in [1.82, 2.24) is 10.2 Å². The van der Waals surface area contributed by atoms with Crippen molar-refractivity contribution in [2.45, 2.75) is 12.8 Å². The molecule has 7 nitrogen and oxygen atoms in total. The Morgan fingerprint density at radius 2 is 2.28 bits per heavy atom. The number of aromatic amines is 1. The first kappa shape index (κ1) is 10.7. The van der Waals surface area contributed by atoms with Gasteiger partial charge in [0.25, 0.3) is 5.69 Å². The number of non-ortho nitro benzene ring substituents is 1. The zero-order chi connectivity index (χ0) is 12.7. The van der Waals surface area contributed by atoms with Crippen molar-refractivity contribution < 1.29 is 9.72 Å². The van der Waals surface area contributed by atoms with Crippen LogP contribution in [-0.2, 0) is 4.79 Å². The van der Waals surface area contributed by atoms with E-state index in [1.165, 1.54) is 12.1 Å². The monoisotopic (exact) mass is 246 g/mol. The fourth-order valence-corrected chi connectivity index (χ4v) is 1.78. The fourth-order valence-electron chi connectivity index (χ4n) is 1.78. The van der Waals surface area contributed by atoms with E-state index >= 15 is 0 Å².